The highest BCUT2D eigenvalue weighted by molar-refractivity contribution is 5.58. The lowest BCUT2D eigenvalue weighted by Crippen LogP contribution is -2.08. The van der Waals surface area contributed by atoms with Crippen molar-refractivity contribution in [1.29, 1.82) is 0 Å². The molecule has 3 aromatic rings. The third-order valence-corrected chi connectivity index (χ3v) is 3.22. The molecule has 0 spiro atoms. The molecular formula is C16H18N6. The number of aromatic nitrogens is 5. The molecule has 3 aromatic heterocycles. The lowest BCUT2D eigenvalue weighted by molar-refractivity contribution is 0.660. The first-order chi connectivity index (χ1) is 10.8. The lowest BCUT2D eigenvalue weighted by Gasteiger charge is -2.08. The number of hydrogen-bond acceptors (Lipinski definition) is 5. The van der Waals surface area contributed by atoms with Crippen LogP contribution in [0.25, 0.3) is 11.4 Å². The van der Waals surface area contributed by atoms with E-state index in [1.807, 2.05) is 43.7 Å². The molecule has 0 unspecified atom stereocenters. The molecule has 22 heavy (non-hydrogen) atoms. The quantitative estimate of drug-likeness (QED) is 0.708. The fourth-order valence-electron chi connectivity index (χ4n) is 2.20. The van der Waals surface area contributed by atoms with Crippen LogP contribution < -0.4 is 5.32 Å². The molecule has 6 heteroatoms. The van der Waals surface area contributed by atoms with E-state index in [1.54, 1.807) is 12.4 Å². The molecule has 0 bridgehead atoms. The summed E-state index contributed by atoms with van der Waals surface area (Å²) < 4.78 is 2.06. The summed E-state index contributed by atoms with van der Waals surface area (Å²) in [4.78, 5) is 17.2. The molecule has 6 nitrogen and oxygen atoms in total. The van der Waals surface area contributed by atoms with Crippen molar-refractivity contribution in [2.75, 3.05) is 11.9 Å². The van der Waals surface area contributed by atoms with E-state index in [2.05, 4.69) is 29.8 Å². The predicted octanol–water partition coefficient (Wildman–Crippen LogP) is 2.55. The molecular weight excluding hydrogens is 276 g/mol. The zero-order chi connectivity index (χ0) is 15.2. The van der Waals surface area contributed by atoms with E-state index in [1.165, 1.54) is 0 Å². The summed E-state index contributed by atoms with van der Waals surface area (Å²) >= 11 is 0. The summed E-state index contributed by atoms with van der Waals surface area (Å²) in [6.07, 6.45) is 8.35. The third-order valence-electron chi connectivity index (χ3n) is 3.22. The molecule has 0 radical (unpaired) electrons. The third kappa shape index (κ3) is 3.66. The Bertz CT molecular complexity index is 709. The van der Waals surface area contributed by atoms with Crippen molar-refractivity contribution in [2.24, 2.45) is 0 Å². The zero-order valence-corrected chi connectivity index (χ0v) is 12.5. The molecule has 1 N–H and O–H groups in total. The molecule has 0 saturated carbocycles. The van der Waals surface area contributed by atoms with E-state index in [0.29, 0.717) is 0 Å². The van der Waals surface area contributed by atoms with Crippen LogP contribution >= 0.6 is 0 Å². The van der Waals surface area contributed by atoms with E-state index in [9.17, 15) is 0 Å². The number of imidazole rings is 1. The summed E-state index contributed by atoms with van der Waals surface area (Å²) in [5.74, 6) is 1.57. The van der Waals surface area contributed by atoms with Gasteiger partial charge in [-0.05, 0) is 25.5 Å². The molecule has 0 atom stereocenters. The lowest BCUT2D eigenvalue weighted by atomic mass is 10.2. The highest BCUT2D eigenvalue weighted by atomic mass is 15.0. The summed E-state index contributed by atoms with van der Waals surface area (Å²) in [5.41, 5.74) is 1.69. The normalized spacial score (nSPS) is 10.6. The maximum atomic E-state index is 4.45. The number of nitrogens with one attached hydrogen (secondary N) is 1. The van der Waals surface area contributed by atoms with Gasteiger partial charge in [-0.1, -0.05) is 6.07 Å². The zero-order valence-electron chi connectivity index (χ0n) is 12.5. The molecule has 0 aliphatic carbocycles. The van der Waals surface area contributed by atoms with Gasteiger partial charge in [0, 0.05) is 37.7 Å². The largest absolute Gasteiger partial charge is 0.370 e. The van der Waals surface area contributed by atoms with Gasteiger partial charge in [0.25, 0.3) is 0 Å². The van der Waals surface area contributed by atoms with Gasteiger partial charge in [-0.25, -0.2) is 15.0 Å². The van der Waals surface area contributed by atoms with E-state index in [4.69, 9.17) is 0 Å². The van der Waals surface area contributed by atoms with Crippen LogP contribution in [-0.2, 0) is 6.54 Å². The van der Waals surface area contributed by atoms with Gasteiger partial charge in [0.15, 0.2) is 0 Å². The summed E-state index contributed by atoms with van der Waals surface area (Å²) in [6.45, 7) is 3.67. The second-order valence-corrected chi connectivity index (χ2v) is 4.98. The molecule has 0 fully saturated rings. The van der Waals surface area contributed by atoms with Crippen LogP contribution in [0.5, 0.6) is 0 Å². The van der Waals surface area contributed by atoms with Gasteiger partial charge in [0.05, 0.1) is 17.7 Å². The number of rotatable bonds is 6. The first-order valence-electron chi connectivity index (χ1n) is 7.28. The standard InChI is InChI=1S/C16H18N6/c1-13-20-15(14-5-2-3-6-18-14)11-16(21-13)19-7-4-9-22-10-8-17-12-22/h2-3,5-6,8,10-12H,4,7,9H2,1H3,(H,19,20,21). The first-order valence-corrected chi connectivity index (χ1v) is 7.28. The maximum absolute atomic E-state index is 4.45. The molecule has 0 aliphatic heterocycles. The molecule has 0 saturated heterocycles. The Balaban J connectivity index is 1.63. The minimum Gasteiger partial charge on any atom is -0.370 e. The first kappa shape index (κ1) is 14.2. The molecule has 0 amide bonds. The van der Waals surface area contributed by atoms with E-state index in [-0.39, 0.29) is 0 Å². The van der Waals surface area contributed by atoms with Gasteiger partial charge >= 0.3 is 0 Å². The summed E-state index contributed by atoms with van der Waals surface area (Å²) in [7, 11) is 0. The maximum Gasteiger partial charge on any atom is 0.130 e. The average Bonchev–Trinajstić information content (AvgIpc) is 3.05. The number of anilines is 1. The van der Waals surface area contributed by atoms with Crippen LogP contribution in [0, 0.1) is 6.92 Å². The Kier molecular flexibility index (Phi) is 4.38. The fraction of sp³-hybridized carbons (Fsp3) is 0.250. The van der Waals surface area contributed by atoms with Gasteiger partial charge < -0.3 is 9.88 Å². The van der Waals surface area contributed by atoms with Gasteiger partial charge in [0.2, 0.25) is 0 Å². The number of aryl methyl sites for hydroxylation is 2. The predicted molar refractivity (Wildman–Crippen MR) is 85.3 cm³/mol. The summed E-state index contributed by atoms with van der Waals surface area (Å²) in [5, 5.41) is 3.35. The Labute approximate surface area is 129 Å². The van der Waals surface area contributed by atoms with Crippen molar-refractivity contribution in [3.8, 4) is 11.4 Å². The minimum atomic E-state index is 0.736. The van der Waals surface area contributed by atoms with Crippen molar-refractivity contribution in [3.05, 3.63) is 55.0 Å². The van der Waals surface area contributed by atoms with Crippen molar-refractivity contribution < 1.29 is 0 Å². The number of nitrogens with zero attached hydrogens (tertiary/aromatic N) is 5. The highest BCUT2D eigenvalue weighted by Gasteiger charge is 2.05. The second kappa shape index (κ2) is 6.80. The summed E-state index contributed by atoms with van der Waals surface area (Å²) in [6, 6.07) is 7.74. The van der Waals surface area contributed by atoms with E-state index < -0.39 is 0 Å². The van der Waals surface area contributed by atoms with Crippen LogP contribution in [0.1, 0.15) is 12.2 Å². The molecule has 3 rings (SSSR count). The Morgan fingerprint density at radius 2 is 2.09 bits per heavy atom. The molecule has 0 aromatic carbocycles. The van der Waals surface area contributed by atoms with Crippen LogP contribution in [0.3, 0.4) is 0 Å². The van der Waals surface area contributed by atoms with Crippen molar-refractivity contribution in [2.45, 2.75) is 19.9 Å². The number of hydrogen-bond donors (Lipinski definition) is 1. The van der Waals surface area contributed by atoms with Crippen LogP contribution in [0.4, 0.5) is 5.82 Å². The van der Waals surface area contributed by atoms with Crippen molar-refractivity contribution in [1.82, 2.24) is 24.5 Å². The van der Waals surface area contributed by atoms with E-state index >= 15 is 0 Å². The topological polar surface area (TPSA) is 68.5 Å². The van der Waals surface area contributed by atoms with Crippen LogP contribution in [-0.4, -0.2) is 31.0 Å². The highest BCUT2D eigenvalue weighted by Crippen LogP contribution is 2.17. The second-order valence-electron chi connectivity index (χ2n) is 4.98. The molecule has 0 aliphatic rings. The Morgan fingerprint density at radius 3 is 2.86 bits per heavy atom. The van der Waals surface area contributed by atoms with Crippen molar-refractivity contribution >= 4 is 5.82 Å². The van der Waals surface area contributed by atoms with Gasteiger partial charge in [0.1, 0.15) is 11.6 Å². The average molecular weight is 294 g/mol. The van der Waals surface area contributed by atoms with E-state index in [0.717, 1.165) is 42.5 Å². The Hall–Kier alpha value is -2.76. The fourth-order valence-corrected chi connectivity index (χ4v) is 2.20. The minimum absolute atomic E-state index is 0.736. The Morgan fingerprint density at radius 1 is 1.14 bits per heavy atom. The SMILES string of the molecule is Cc1nc(NCCCn2ccnc2)cc(-c2ccccn2)n1. The smallest absolute Gasteiger partial charge is 0.130 e. The molecule has 3 heterocycles. The molecule has 112 valence electrons. The van der Waals surface area contributed by atoms with Gasteiger partial charge in [-0.2, -0.15) is 0 Å². The van der Waals surface area contributed by atoms with Gasteiger partial charge in [-0.15, -0.1) is 0 Å². The van der Waals surface area contributed by atoms with Crippen LogP contribution in [0.2, 0.25) is 0 Å². The monoisotopic (exact) mass is 294 g/mol. The number of pyridine rings is 1. The van der Waals surface area contributed by atoms with Gasteiger partial charge in [-0.3, -0.25) is 4.98 Å². The van der Waals surface area contributed by atoms with Crippen molar-refractivity contribution in [3.63, 3.8) is 0 Å². The van der Waals surface area contributed by atoms with Crippen LogP contribution in [0.15, 0.2) is 49.2 Å².